The highest BCUT2D eigenvalue weighted by molar-refractivity contribution is 5.84. The number of amides is 2. The van der Waals surface area contributed by atoms with Gasteiger partial charge in [-0.3, -0.25) is 9.59 Å². The molecule has 1 saturated carbocycles. The van der Waals surface area contributed by atoms with Crippen molar-refractivity contribution in [3.8, 4) is 0 Å². The molecule has 7 nitrogen and oxygen atoms in total. The van der Waals surface area contributed by atoms with Gasteiger partial charge >= 0.3 is 0 Å². The molecule has 1 heterocycles. The smallest absolute Gasteiger partial charge is 0.225 e. The minimum absolute atomic E-state index is 0.151. The fourth-order valence-corrected chi connectivity index (χ4v) is 5.11. The van der Waals surface area contributed by atoms with Crippen molar-refractivity contribution in [3.05, 3.63) is 36.0 Å². The van der Waals surface area contributed by atoms with E-state index >= 15 is 0 Å². The zero-order valence-corrected chi connectivity index (χ0v) is 21.4. The number of carbonyl (C=O) groups is 2. The standard InChI is InChI=1S/C28H43N3O4/c1-18(2)13-25(32)27(34)24(14-20-9-5-4-6-10-20)31-28(35)19(3)17-29-26(33)16-22-15-21-11-7-8-12-23(21)30-22/h7-8,11-12,15,18-20,24-25,27,30,32,34H,4-6,9-10,13-14,16-17H2,1-3H3,(H,29,33)(H,31,35)/t19-,24+,25-,27+/m0/s1. The van der Waals surface area contributed by atoms with Gasteiger partial charge < -0.3 is 25.8 Å². The van der Waals surface area contributed by atoms with Crippen molar-refractivity contribution < 1.29 is 19.8 Å². The molecular formula is C28H43N3O4. The van der Waals surface area contributed by atoms with Crippen LogP contribution in [0.25, 0.3) is 10.9 Å². The number of hydrogen-bond acceptors (Lipinski definition) is 4. The van der Waals surface area contributed by atoms with Gasteiger partial charge in [-0.05, 0) is 42.2 Å². The van der Waals surface area contributed by atoms with Gasteiger partial charge in [-0.1, -0.05) is 71.1 Å². The molecule has 0 aliphatic heterocycles. The molecule has 35 heavy (non-hydrogen) atoms. The van der Waals surface area contributed by atoms with Gasteiger partial charge in [-0.2, -0.15) is 0 Å². The Hall–Kier alpha value is -2.38. The summed E-state index contributed by atoms with van der Waals surface area (Å²) in [5.74, 6) is -0.127. The highest BCUT2D eigenvalue weighted by Crippen LogP contribution is 2.29. The molecule has 1 aromatic carbocycles. The zero-order valence-electron chi connectivity index (χ0n) is 21.4. The third kappa shape index (κ3) is 8.36. The number of aliphatic hydroxyl groups excluding tert-OH is 2. The third-order valence-electron chi connectivity index (χ3n) is 7.15. The minimum Gasteiger partial charge on any atom is -0.390 e. The van der Waals surface area contributed by atoms with Crippen LogP contribution >= 0.6 is 0 Å². The number of H-pyrrole nitrogens is 1. The molecule has 1 aromatic heterocycles. The van der Waals surface area contributed by atoms with Crippen LogP contribution in [0.2, 0.25) is 0 Å². The van der Waals surface area contributed by atoms with E-state index in [4.69, 9.17) is 0 Å². The highest BCUT2D eigenvalue weighted by atomic mass is 16.3. The fraction of sp³-hybridized carbons (Fsp3) is 0.643. The second-order valence-corrected chi connectivity index (χ2v) is 10.8. The van der Waals surface area contributed by atoms with Crippen molar-refractivity contribution in [1.82, 2.24) is 15.6 Å². The molecule has 2 amide bonds. The summed E-state index contributed by atoms with van der Waals surface area (Å²) >= 11 is 0. The van der Waals surface area contributed by atoms with Crippen LogP contribution in [0.3, 0.4) is 0 Å². The van der Waals surface area contributed by atoms with Gasteiger partial charge in [0, 0.05) is 17.8 Å². The molecule has 5 N–H and O–H groups in total. The predicted molar refractivity (Wildman–Crippen MR) is 139 cm³/mol. The summed E-state index contributed by atoms with van der Waals surface area (Å²) in [5.41, 5.74) is 1.82. The van der Waals surface area contributed by atoms with E-state index < -0.39 is 24.2 Å². The molecule has 1 aliphatic rings. The van der Waals surface area contributed by atoms with Crippen molar-refractivity contribution in [2.75, 3.05) is 6.54 Å². The van der Waals surface area contributed by atoms with Crippen molar-refractivity contribution in [1.29, 1.82) is 0 Å². The van der Waals surface area contributed by atoms with E-state index in [2.05, 4.69) is 15.6 Å². The molecule has 7 heteroatoms. The summed E-state index contributed by atoms with van der Waals surface area (Å²) in [6.07, 6.45) is 5.26. The molecule has 3 rings (SSSR count). The number of carbonyl (C=O) groups excluding carboxylic acids is 2. The summed E-state index contributed by atoms with van der Waals surface area (Å²) in [4.78, 5) is 28.7. The lowest BCUT2D eigenvalue weighted by atomic mass is 9.82. The van der Waals surface area contributed by atoms with Gasteiger partial charge in [0.25, 0.3) is 0 Å². The molecular weight excluding hydrogens is 442 g/mol. The summed E-state index contributed by atoms with van der Waals surface area (Å²) in [6, 6.07) is 9.34. The van der Waals surface area contributed by atoms with Gasteiger partial charge in [0.05, 0.1) is 24.5 Å². The van der Waals surface area contributed by atoms with E-state index in [1.54, 1.807) is 6.92 Å². The van der Waals surface area contributed by atoms with E-state index in [1.165, 1.54) is 19.3 Å². The molecule has 0 radical (unpaired) electrons. The Kier molecular flexibility index (Phi) is 10.2. The second kappa shape index (κ2) is 13.1. The van der Waals surface area contributed by atoms with Gasteiger partial charge in [0.15, 0.2) is 0 Å². The molecule has 1 aliphatic carbocycles. The molecule has 1 fully saturated rings. The van der Waals surface area contributed by atoms with Crippen LogP contribution in [-0.2, 0) is 16.0 Å². The molecule has 0 bridgehead atoms. The number of aliphatic hydroxyl groups is 2. The molecule has 194 valence electrons. The Morgan fingerprint density at radius 1 is 1.09 bits per heavy atom. The van der Waals surface area contributed by atoms with Crippen molar-refractivity contribution in [2.24, 2.45) is 17.8 Å². The van der Waals surface area contributed by atoms with Crippen molar-refractivity contribution in [2.45, 2.75) is 90.4 Å². The maximum atomic E-state index is 13.0. The van der Waals surface area contributed by atoms with Crippen LogP contribution in [0.5, 0.6) is 0 Å². The topological polar surface area (TPSA) is 114 Å². The van der Waals surface area contributed by atoms with Gasteiger partial charge in [0.1, 0.15) is 6.10 Å². The van der Waals surface area contributed by atoms with Crippen LogP contribution in [0.15, 0.2) is 30.3 Å². The number of nitrogens with one attached hydrogen (secondary N) is 3. The van der Waals surface area contributed by atoms with E-state index in [-0.39, 0.29) is 30.7 Å². The van der Waals surface area contributed by atoms with Crippen molar-refractivity contribution >= 4 is 22.7 Å². The Morgan fingerprint density at radius 2 is 1.80 bits per heavy atom. The SMILES string of the molecule is CC(C)C[C@H](O)[C@H](O)[C@@H](CC1CCCCC1)NC(=O)[C@@H](C)CNC(=O)Cc1cc2ccccc2[nH]1. The Morgan fingerprint density at radius 3 is 2.49 bits per heavy atom. The fourth-order valence-electron chi connectivity index (χ4n) is 5.11. The van der Waals surface area contributed by atoms with Gasteiger partial charge in [0.2, 0.25) is 11.8 Å². The number of hydrogen-bond donors (Lipinski definition) is 5. The van der Waals surface area contributed by atoms with Crippen LogP contribution in [-0.4, -0.2) is 51.8 Å². The quantitative estimate of drug-likeness (QED) is 0.315. The Balaban J connectivity index is 1.52. The second-order valence-electron chi connectivity index (χ2n) is 10.8. The summed E-state index contributed by atoms with van der Waals surface area (Å²) in [6.45, 7) is 6.00. The lowest BCUT2D eigenvalue weighted by Crippen LogP contribution is -2.52. The minimum atomic E-state index is -1.01. The molecule has 2 aromatic rings. The summed E-state index contributed by atoms with van der Waals surface area (Å²) in [7, 11) is 0. The van der Waals surface area contributed by atoms with Gasteiger partial charge in [-0.15, -0.1) is 0 Å². The normalized spacial score (nSPS) is 18.2. The lowest BCUT2D eigenvalue weighted by Gasteiger charge is -2.33. The highest BCUT2D eigenvalue weighted by Gasteiger charge is 2.32. The number of para-hydroxylation sites is 1. The number of aromatic nitrogens is 1. The Bertz CT molecular complexity index is 918. The Labute approximate surface area is 209 Å². The van der Waals surface area contributed by atoms with E-state index in [0.717, 1.165) is 29.4 Å². The predicted octanol–water partition coefficient (Wildman–Crippen LogP) is 3.69. The maximum Gasteiger partial charge on any atom is 0.225 e. The molecule has 0 spiro atoms. The third-order valence-corrected chi connectivity index (χ3v) is 7.15. The first-order valence-corrected chi connectivity index (χ1v) is 13.2. The van der Waals surface area contributed by atoms with Crippen LogP contribution in [0, 0.1) is 17.8 Å². The average Bonchev–Trinajstić information content (AvgIpc) is 3.24. The first kappa shape index (κ1) is 27.2. The number of fused-ring (bicyclic) bond motifs is 1. The average molecular weight is 486 g/mol. The zero-order chi connectivity index (χ0) is 25.4. The largest absolute Gasteiger partial charge is 0.390 e. The summed E-state index contributed by atoms with van der Waals surface area (Å²) < 4.78 is 0. The number of benzene rings is 1. The van der Waals surface area contributed by atoms with Crippen LogP contribution < -0.4 is 10.6 Å². The molecule has 4 atom stereocenters. The van der Waals surface area contributed by atoms with E-state index in [0.29, 0.717) is 18.8 Å². The maximum absolute atomic E-state index is 13.0. The molecule has 0 unspecified atom stereocenters. The van der Waals surface area contributed by atoms with E-state index in [9.17, 15) is 19.8 Å². The number of rotatable bonds is 12. The first-order valence-electron chi connectivity index (χ1n) is 13.2. The lowest BCUT2D eigenvalue weighted by molar-refractivity contribution is -0.127. The van der Waals surface area contributed by atoms with Crippen molar-refractivity contribution in [3.63, 3.8) is 0 Å². The van der Waals surface area contributed by atoms with E-state index in [1.807, 2.05) is 44.2 Å². The van der Waals surface area contributed by atoms with Crippen LogP contribution in [0.4, 0.5) is 0 Å². The van der Waals surface area contributed by atoms with Crippen LogP contribution in [0.1, 0.15) is 71.4 Å². The number of aromatic amines is 1. The molecule has 0 saturated heterocycles. The summed E-state index contributed by atoms with van der Waals surface area (Å²) in [5, 5.41) is 28.4. The van der Waals surface area contributed by atoms with Gasteiger partial charge in [-0.25, -0.2) is 0 Å². The first-order chi connectivity index (χ1) is 16.7. The monoisotopic (exact) mass is 485 g/mol.